The minimum atomic E-state index is -0.922. The summed E-state index contributed by atoms with van der Waals surface area (Å²) in [6.07, 6.45) is 2.36. The van der Waals surface area contributed by atoms with Crippen LogP contribution in [0.5, 0.6) is 0 Å². The SMILES string of the molecule is CCCOCCc1cc(C(=O)NCc2ccc(F)c(F)c2)c(CC)n1Cc1ccccc1. The third-order valence-corrected chi connectivity index (χ3v) is 5.35. The summed E-state index contributed by atoms with van der Waals surface area (Å²) in [7, 11) is 0. The molecule has 0 saturated heterocycles. The van der Waals surface area contributed by atoms with Crippen LogP contribution in [0.1, 0.15) is 53.1 Å². The number of aromatic nitrogens is 1. The number of hydrogen-bond donors (Lipinski definition) is 1. The Morgan fingerprint density at radius 1 is 0.969 bits per heavy atom. The molecule has 0 aliphatic carbocycles. The van der Waals surface area contributed by atoms with Crippen LogP contribution in [-0.4, -0.2) is 23.7 Å². The van der Waals surface area contributed by atoms with Crippen LogP contribution in [0.15, 0.2) is 54.6 Å². The second-order valence-corrected chi connectivity index (χ2v) is 7.71. The first kappa shape index (κ1) is 23.7. The Balaban J connectivity index is 1.82. The van der Waals surface area contributed by atoms with Gasteiger partial charge in [-0.1, -0.05) is 50.2 Å². The van der Waals surface area contributed by atoms with Gasteiger partial charge in [-0.05, 0) is 42.2 Å². The number of ether oxygens (including phenoxy) is 1. The van der Waals surface area contributed by atoms with Gasteiger partial charge in [0.2, 0.25) is 0 Å². The van der Waals surface area contributed by atoms with E-state index in [0.29, 0.717) is 43.7 Å². The van der Waals surface area contributed by atoms with Gasteiger partial charge in [-0.15, -0.1) is 0 Å². The molecule has 0 aliphatic heterocycles. The van der Waals surface area contributed by atoms with Crippen LogP contribution in [0.3, 0.4) is 0 Å². The Kier molecular flexibility index (Phi) is 8.56. The topological polar surface area (TPSA) is 43.3 Å². The van der Waals surface area contributed by atoms with E-state index in [1.807, 2.05) is 31.2 Å². The summed E-state index contributed by atoms with van der Waals surface area (Å²) in [5.41, 5.74) is 4.26. The second-order valence-electron chi connectivity index (χ2n) is 7.71. The zero-order chi connectivity index (χ0) is 22.9. The van der Waals surface area contributed by atoms with Crippen molar-refractivity contribution in [2.75, 3.05) is 13.2 Å². The first-order chi connectivity index (χ1) is 15.5. The van der Waals surface area contributed by atoms with Crippen molar-refractivity contribution in [3.8, 4) is 0 Å². The van der Waals surface area contributed by atoms with Crippen molar-refractivity contribution in [1.29, 1.82) is 0 Å². The van der Waals surface area contributed by atoms with Crippen molar-refractivity contribution >= 4 is 5.91 Å². The summed E-state index contributed by atoms with van der Waals surface area (Å²) >= 11 is 0. The first-order valence-corrected chi connectivity index (χ1v) is 11.1. The minimum Gasteiger partial charge on any atom is -0.381 e. The fourth-order valence-electron chi connectivity index (χ4n) is 3.74. The molecule has 1 aromatic heterocycles. The number of nitrogens with zero attached hydrogens (tertiary/aromatic N) is 1. The second kappa shape index (κ2) is 11.6. The fourth-order valence-corrected chi connectivity index (χ4v) is 3.74. The number of amides is 1. The standard InChI is InChI=1S/C26H30F2N2O2/c1-3-13-32-14-12-21-16-22(25(4-2)30(21)18-19-8-6-5-7-9-19)26(31)29-17-20-10-11-23(27)24(28)15-20/h5-11,15-16H,3-4,12-14,17-18H2,1-2H3,(H,29,31). The summed E-state index contributed by atoms with van der Waals surface area (Å²) in [6.45, 7) is 6.19. The highest BCUT2D eigenvalue weighted by Crippen LogP contribution is 2.21. The van der Waals surface area contributed by atoms with Gasteiger partial charge in [-0.3, -0.25) is 4.79 Å². The number of benzene rings is 2. The van der Waals surface area contributed by atoms with Gasteiger partial charge < -0.3 is 14.6 Å². The van der Waals surface area contributed by atoms with E-state index in [4.69, 9.17) is 4.74 Å². The molecule has 0 saturated carbocycles. The Bertz CT molecular complexity index is 1030. The van der Waals surface area contributed by atoms with Crippen LogP contribution >= 0.6 is 0 Å². The molecular formula is C26H30F2N2O2. The van der Waals surface area contributed by atoms with E-state index in [1.165, 1.54) is 6.07 Å². The molecule has 2 aromatic carbocycles. The van der Waals surface area contributed by atoms with E-state index < -0.39 is 11.6 Å². The van der Waals surface area contributed by atoms with Gasteiger partial charge >= 0.3 is 0 Å². The molecule has 32 heavy (non-hydrogen) atoms. The van der Waals surface area contributed by atoms with Crippen LogP contribution in [0.25, 0.3) is 0 Å². The fraction of sp³-hybridized carbons (Fsp3) is 0.346. The minimum absolute atomic E-state index is 0.123. The van der Waals surface area contributed by atoms with Gasteiger partial charge in [0.25, 0.3) is 5.91 Å². The van der Waals surface area contributed by atoms with E-state index in [9.17, 15) is 13.6 Å². The molecule has 0 radical (unpaired) electrons. The van der Waals surface area contributed by atoms with E-state index in [1.54, 1.807) is 0 Å². The molecule has 1 heterocycles. The lowest BCUT2D eigenvalue weighted by molar-refractivity contribution is 0.0949. The lowest BCUT2D eigenvalue weighted by Crippen LogP contribution is -2.24. The highest BCUT2D eigenvalue weighted by Gasteiger charge is 2.19. The summed E-state index contributed by atoms with van der Waals surface area (Å²) in [4.78, 5) is 13.0. The van der Waals surface area contributed by atoms with Crippen LogP contribution < -0.4 is 5.32 Å². The zero-order valence-corrected chi connectivity index (χ0v) is 18.7. The highest BCUT2D eigenvalue weighted by molar-refractivity contribution is 5.95. The van der Waals surface area contributed by atoms with Gasteiger partial charge in [0.05, 0.1) is 12.2 Å². The third kappa shape index (κ3) is 6.04. The van der Waals surface area contributed by atoms with Crippen LogP contribution in [0.4, 0.5) is 8.78 Å². The summed E-state index contributed by atoms with van der Waals surface area (Å²) in [6, 6.07) is 15.7. The highest BCUT2D eigenvalue weighted by atomic mass is 19.2. The van der Waals surface area contributed by atoms with E-state index >= 15 is 0 Å². The lowest BCUT2D eigenvalue weighted by atomic mass is 10.1. The number of carbonyl (C=O) groups is 1. The molecule has 1 N–H and O–H groups in total. The van der Waals surface area contributed by atoms with Crippen molar-refractivity contribution in [1.82, 2.24) is 9.88 Å². The smallest absolute Gasteiger partial charge is 0.253 e. The molecule has 1 amide bonds. The van der Waals surface area contributed by atoms with Gasteiger partial charge in [-0.2, -0.15) is 0 Å². The maximum atomic E-state index is 13.5. The molecule has 0 aliphatic rings. The van der Waals surface area contributed by atoms with Crippen molar-refractivity contribution in [2.45, 2.75) is 46.2 Å². The number of rotatable bonds is 11. The molecular weight excluding hydrogens is 410 g/mol. The van der Waals surface area contributed by atoms with Crippen LogP contribution in [-0.2, 0) is 30.7 Å². The van der Waals surface area contributed by atoms with E-state index in [-0.39, 0.29) is 12.5 Å². The third-order valence-electron chi connectivity index (χ3n) is 5.35. The molecule has 4 nitrogen and oxygen atoms in total. The number of carbonyl (C=O) groups excluding carboxylic acids is 1. The predicted molar refractivity (Wildman–Crippen MR) is 122 cm³/mol. The molecule has 170 valence electrons. The molecule has 3 aromatic rings. The maximum absolute atomic E-state index is 13.5. The van der Waals surface area contributed by atoms with E-state index in [0.717, 1.165) is 35.5 Å². The molecule has 0 fully saturated rings. The van der Waals surface area contributed by atoms with E-state index in [2.05, 4.69) is 28.9 Å². The zero-order valence-electron chi connectivity index (χ0n) is 18.7. The summed E-state index contributed by atoms with van der Waals surface area (Å²) in [5.74, 6) is -2.05. The molecule has 3 rings (SSSR count). The summed E-state index contributed by atoms with van der Waals surface area (Å²) in [5, 5.41) is 2.84. The molecule has 0 atom stereocenters. The maximum Gasteiger partial charge on any atom is 0.253 e. The molecule has 0 spiro atoms. The number of hydrogen-bond acceptors (Lipinski definition) is 2. The number of halogens is 2. The van der Waals surface area contributed by atoms with Crippen molar-refractivity contribution in [3.05, 3.63) is 94.3 Å². The van der Waals surface area contributed by atoms with Crippen molar-refractivity contribution in [2.24, 2.45) is 0 Å². The molecule has 0 bridgehead atoms. The summed E-state index contributed by atoms with van der Waals surface area (Å²) < 4.78 is 34.5. The Hall–Kier alpha value is -2.99. The Labute approximate surface area is 188 Å². The van der Waals surface area contributed by atoms with Gasteiger partial charge in [0, 0.05) is 37.5 Å². The predicted octanol–water partition coefficient (Wildman–Crippen LogP) is 5.28. The largest absolute Gasteiger partial charge is 0.381 e. The quantitative estimate of drug-likeness (QED) is 0.413. The average Bonchev–Trinajstić information content (AvgIpc) is 3.15. The van der Waals surface area contributed by atoms with Gasteiger partial charge in [-0.25, -0.2) is 8.78 Å². The first-order valence-electron chi connectivity index (χ1n) is 11.1. The Morgan fingerprint density at radius 3 is 2.44 bits per heavy atom. The monoisotopic (exact) mass is 440 g/mol. The van der Waals surface area contributed by atoms with Crippen molar-refractivity contribution in [3.63, 3.8) is 0 Å². The Morgan fingerprint density at radius 2 is 1.75 bits per heavy atom. The van der Waals surface area contributed by atoms with Gasteiger partial charge in [0.15, 0.2) is 11.6 Å². The van der Waals surface area contributed by atoms with Crippen LogP contribution in [0, 0.1) is 11.6 Å². The molecule has 0 unspecified atom stereocenters. The average molecular weight is 441 g/mol. The lowest BCUT2D eigenvalue weighted by Gasteiger charge is -2.14. The van der Waals surface area contributed by atoms with Crippen LogP contribution in [0.2, 0.25) is 0 Å². The molecule has 6 heteroatoms. The van der Waals surface area contributed by atoms with Gasteiger partial charge in [0.1, 0.15) is 0 Å². The normalized spacial score (nSPS) is 11.0. The number of nitrogens with one attached hydrogen (secondary N) is 1. The van der Waals surface area contributed by atoms with Crippen molar-refractivity contribution < 1.29 is 18.3 Å².